The summed E-state index contributed by atoms with van der Waals surface area (Å²) in [5.74, 6) is -2.42. The number of amides is 2. The number of likely N-dealkylation sites (tertiary alicyclic amines) is 1. The van der Waals surface area contributed by atoms with Crippen molar-refractivity contribution in [2.75, 3.05) is 5.88 Å². The van der Waals surface area contributed by atoms with E-state index in [1.54, 1.807) is 27.7 Å². The number of carbonyl (C=O) groups is 2. The van der Waals surface area contributed by atoms with Crippen LogP contribution in [-0.2, 0) is 9.59 Å². The molecule has 1 heterocycles. The third-order valence-corrected chi connectivity index (χ3v) is 3.88. The molecule has 0 bridgehead atoms. The van der Waals surface area contributed by atoms with Crippen molar-refractivity contribution in [2.45, 2.75) is 63.8 Å². The number of carbonyl (C=O) groups excluding carboxylic acids is 2. The first kappa shape index (κ1) is 18.1. The van der Waals surface area contributed by atoms with Gasteiger partial charge in [-0.25, -0.2) is 0 Å². The lowest BCUT2D eigenvalue weighted by molar-refractivity contribution is -0.202. The van der Waals surface area contributed by atoms with Crippen molar-refractivity contribution in [1.29, 1.82) is 0 Å². The molecule has 0 spiro atoms. The highest BCUT2D eigenvalue weighted by atomic mass is 35.5. The SMILES string of the molecule is CC1(C)CC(NC(=O)CCl)CC(C)(C)N1C(=O)C(F)(F)F. The fourth-order valence-corrected chi connectivity index (χ4v) is 3.40. The van der Waals surface area contributed by atoms with Gasteiger partial charge in [0.05, 0.1) is 0 Å². The minimum absolute atomic E-state index is 0.206. The van der Waals surface area contributed by atoms with E-state index >= 15 is 0 Å². The highest BCUT2D eigenvalue weighted by molar-refractivity contribution is 6.27. The van der Waals surface area contributed by atoms with Gasteiger partial charge in [0.15, 0.2) is 0 Å². The molecule has 1 N–H and O–H groups in total. The molecule has 4 nitrogen and oxygen atoms in total. The van der Waals surface area contributed by atoms with Crippen LogP contribution >= 0.6 is 11.6 Å². The Labute approximate surface area is 127 Å². The molecule has 1 saturated heterocycles. The molecule has 0 aliphatic carbocycles. The molecule has 1 rings (SSSR count). The van der Waals surface area contributed by atoms with Gasteiger partial charge in [-0.2, -0.15) is 13.2 Å². The Hall–Kier alpha value is -0.980. The van der Waals surface area contributed by atoms with Crippen LogP contribution in [0.25, 0.3) is 0 Å². The summed E-state index contributed by atoms with van der Waals surface area (Å²) >= 11 is 5.43. The van der Waals surface area contributed by atoms with Crippen LogP contribution in [0.2, 0.25) is 0 Å². The Kier molecular flexibility index (Phi) is 4.87. The summed E-state index contributed by atoms with van der Waals surface area (Å²) in [5.41, 5.74) is -2.06. The topological polar surface area (TPSA) is 49.4 Å². The van der Waals surface area contributed by atoms with Crippen LogP contribution in [0.1, 0.15) is 40.5 Å². The summed E-state index contributed by atoms with van der Waals surface area (Å²) in [6, 6.07) is -0.321. The second kappa shape index (κ2) is 5.66. The maximum atomic E-state index is 12.8. The van der Waals surface area contributed by atoms with Crippen LogP contribution in [0.15, 0.2) is 0 Å². The monoisotopic (exact) mass is 328 g/mol. The smallest absolute Gasteiger partial charge is 0.352 e. The van der Waals surface area contributed by atoms with Crippen LogP contribution in [0.3, 0.4) is 0 Å². The van der Waals surface area contributed by atoms with Crippen LogP contribution in [0.4, 0.5) is 13.2 Å². The highest BCUT2D eigenvalue weighted by Gasteiger charge is 2.55. The summed E-state index contributed by atoms with van der Waals surface area (Å²) in [5, 5.41) is 2.69. The number of halogens is 4. The fraction of sp³-hybridized carbons (Fsp3) is 0.846. The summed E-state index contributed by atoms with van der Waals surface area (Å²) in [4.78, 5) is 24.0. The summed E-state index contributed by atoms with van der Waals surface area (Å²) < 4.78 is 38.4. The fourth-order valence-electron chi connectivity index (χ4n) is 3.32. The molecule has 0 atom stereocenters. The lowest BCUT2D eigenvalue weighted by Gasteiger charge is -2.55. The molecule has 0 aromatic carbocycles. The molecule has 1 aliphatic heterocycles. The third kappa shape index (κ3) is 4.02. The highest BCUT2D eigenvalue weighted by Crippen LogP contribution is 2.41. The van der Waals surface area contributed by atoms with Gasteiger partial charge in [0.25, 0.3) is 0 Å². The number of alkyl halides is 4. The van der Waals surface area contributed by atoms with E-state index in [4.69, 9.17) is 11.6 Å². The van der Waals surface area contributed by atoms with E-state index in [0.29, 0.717) is 0 Å². The summed E-state index contributed by atoms with van der Waals surface area (Å²) in [6.45, 7) is 6.27. The molecular formula is C13H20ClF3N2O2. The van der Waals surface area contributed by atoms with E-state index < -0.39 is 23.2 Å². The maximum absolute atomic E-state index is 12.8. The number of nitrogens with one attached hydrogen (secondary N) is 1. The Balaban J connectivity index is 3.05. The van der Waals surface area contributed by atoms with Gasteiger partial charge in [-0.05, 0) is 40.5 Å². The van der Waals surface area contributed by atoms with E-state index in [-0.39, 0.29) is 30.7 Å². The average molecular weight is 329 g/mol. The van der Waals surface area contributed by atoms with Crippen molar-refractivity contribution < 1.29 is 22.8 Å². The van der Waals surface area contributed by atoms with Gasteiger partial charge >= 0.3 is 12.1 Å². The molecular weight excluding hydrogens is 309 g/mol. The quantitative estimate of drug-likeness (QED) is 0.792. The molecule has 122 valence electrons. The van der Waals surface area contributed by atoms with Crippen molar-refractivity contribution in [3.8, 4) is 0 Å². The lowest BCUT2D eigenvalue weighted by Crippen LogP contribution is -2.68. The van der Waals surface area contributed by atoms with E-state index in [9.17, 15) is 22.8 Å². The van der Waals surface area contributed by atoms with Gasteiger partial charge in [-0.1, -0.05) is 0 Å². The van der Waals surface area contributed by atoms with Gasteiger partial charge in [0, 0.05) is 17.1 Å². The zero-order valence-corrected chi connectivity index (χ0v) is 13.2. The molecule has 8 heteroatoms. The third-order valence-electron chi connectivity index (χ3n) is 3.63. The largest absolute Gasteiger partial charge is 0.471 e. The number of hydrogen-bond donors (Lipinski definition) is 1. The number of hydrogen-bond acceptors (Lipinski definition) is 2. The number of rotatable bonds is 2. The molecule has 1 fully saturated rings. The van der Waals surface area contributed by atoms with Crippen LogP contribution in [-0.4, -0.2) is 45.9 Å². The average Bonchev–Trinajstić information content (AvgIpc) is 2.23. The number of nitrogens with zero attached hydrogens (tertiary/aromatic N) is 1. The van der Waals surface area contributed by atoms with Crippen LogP contribution < -0.4 is 5.32 Å². The summed E-state index contributed by atoms with van der Waals surface area (Å²) in [7, 11) is 0. The number of piperidine rings is 1. The molecule has 2 amide bonds. The van der Waals surface area contributed by atoms with Crippen molar-refractivity contribution >= 4 is 23.4 Å². The first-order valence-electron chi connectivity index (χ1n) is 6.58. The predicted octanol–water partition coefficient (Wildman–Crippen LogP) is 2.45. The van der Waals surface area contributed by atoms with Gasteiger partial charge < -0.3 is 10.2 Å². The zero-order chi connectivity index (χ0) is 16.6. The van der Waals surface area contributed by atoms with Gasteiger partial charge in [0.1, 0.15) is 5.88 Å². The van der Waals surface area contributed by atoms with Crippen molar-refractivity contribution in [3.63, 3.8) is 0 Å². The van der Waals surface area contributed by atoms with Crippen LogP contribution in [0, 0.1) is 0 Å². The first-order chi connectivity index (χ1) is 9.31. The Morgan fingerprint density at radius 3 is 1.95 bits per heavy atom. The molecule has 1 aliphatic rings. The van der Waals surface area contributed by atoms with Crippen molar-refractivity contribution in [1.82, 2.24) is 10.2 Å². The Morgan fingerprint density at radius 1 is 1.19 bits per heavy atom. The molecule has 21 heavy (non-hydrogen) atoms. The Bertz CT molecular complexity index is 418. The molecule has 0 saturated carbocycles. The second-order valence-corrected chi connectivity index (χ2v) is 6.84. The lowest BCUT2D eigenvalue weighted by atomic mass is 9.76. The second-order valence-electron chi connectivity index (χ2n) is 6.57. The van der Waals surface area contributed by atoms with Crippen molar-refractivity contribution in [3.05, 3.63) is 0 Å². The summed E-state index contributed by atoms with van der Waals surface area (Å²) in [6.07, 6.45) is -4.44. The zero-order valence-electron chi connectivity index (χ0n) is 12.5. The van der Waals surface area contributed by atoms with E-state index in [2.05, 4.69) is 5.32 Å². The molecule has 0 aromatic heterocycles. The van der Waals surface area contributed by atoms with E-state index in [1.807, 2.05) is 0 Å². The van der Waals surface area contributed by atoms with Gasteiger partial charge in [0.2, 0.25) is 5.91 Å². The van der Waals surface area contributed by atoms with Gasteiger partial charge in [-0.3, -0.25) is 9.59 Å². The molecule has 0 radical (unpaired) electrons. The molecule has 0 unspecified atom stereocenters. The molecule has 0 aromatic rings. The van der Waals surface area contributed by atoms with E-state index in [0.717, 1.165) is 4.90 Å². The van der Waals surface area contributed by atoms with Gasteiger partial charge in [-0.15, -0.1) is 11.6 Å². The van der Waals surface area contributed by atoms with Crippen LogP contribution in [0.5, 0.6) is 0 Å². The Morgan fingerprint density at radius 2 is 1.62 bits per heavy atom. The minimum Gasteiger partial charge on any atom is -0.352 e. The standard InChI is InChI=1S/C13H20ClF3N2O2/c1-11(2)5-8(18-9(20)7-14)6-12(3,4)19(11)10(21)13(15,16)17/h8H,5-7H2,1-4H3,(H,18,20). The normalized spacial score (nSPS) is 22.0. The first-order valence-corrected chi connectivity index (χ1v) is 7.11. The minimum atomic E-state index is -4.92. The maximum Gasteiger partial charge on any atom is 0.471 e. The predicted molar refractivity (Wildman–Crippen MR) is 72.9 cm³/mol. The van der Waals surface area contributed by atoms with E-state index in [1.165, 1.54) is 0 Å². The van der Waals surface area contributed by atoms with Crippen molar-refractivity contribution in [2.24, 2.45) is 0 Å².